The van der Waals surface area contributed by atoms with Crippen molar-refractivity contribution in [3.05, 3.63) is 36.1 Å². The van der Waals surface area contributed by atoms with Crippen molar-refractivity contribution in [1.82, 2.24) is 5.06 Å². The molecule has 0 N–H and O–H groups in total. The van der Waals surface area contributed by atoms with Crippen LogP contribution < -0.4 is 0 Å². The van der Waals surface area contributed by atoms with Gasteiger partial charge in [-0.15, -0.1) is 5.06 Å². The zero-order valence-corrected chi connectivity index (χ0v) is 18.9. The highest BCUT2D eigenvalue weighted by molar-refractivity contribution is 6.01. The Hall–Kier alpha value is -2.53. The van der Waals surface area contributed by atoms with Crippen LogP contribution in [0, 0.1) is 0 Å². The van der Waals surface area contributed by atoms with Gasteiger partial charge in [-0.2, -0.15) is 0 Å². The Bertz CT molecular complexity index is 686. The molecule has 2 rings (SSSR count). The lowest BCUT2D eigenvalue weighted by Gasteiger charge is -2.12. The molecule has 1 aliphatic heterocycles. The Morgan fingerprint density at radius 2 is 1.30 bits per heavy atom. The summed E-state index contributed by atoms with van der Waals surface area (Å²) in [6.45, 7) is 3.61. The van der Waals surface area contributed by atoms with Crippen LogP contribution in [0.4, 0.5) is 0 Å². The van der Waals surface area contributed by atoms with Crippen molar-refractivity contribution in [2.45, 2.75) is 32.1 Å². The van der Waals surface area contributed by atoms with Gasteiger partial charge in [-0.3, -0.25) is 9.59 Å². The van der Waals surface area contributed by atoms with Crippen LogP contribution in [-0.4, -0.2) is 82.3 Å². The molecule has 33 heavy (non-hydrogen) atoms. The van der Waals surface area contributed by atoms with Crippen molar-refractivity contribution < 1.29 is 42.9 Å². The first-order valence-corrected chi connectivity index (χ1v) is 11.2. The molecule has 1 fully saturated rings. The smallest absolute Gasteiger partial charge is 0.335 e. The number of imide groups is 1. The molecule has 0 aromatic carbocycles. The van der Waals surface area contributed by atoms with E-state index in [0.29, 0.717) is 57.9 Å². The Morgan fingerprint density at radius 3 is 1.94 bits per heavy atom. The van der Waals surface area contributed by atoms with Crippen molar-refractivity contribution in [2.24, 2.45) is 0 Å². The minimum Gasteiger partial charge on any atom is -0.496 e. The molecule has 2 aliphatic rings. The van der Waals surface area contributed by atoms with Crippen LogP contribution in [0.2, 0.25) is 0 Å². The highest BCUT2D eigenvalue weighted by Crippen LogP contribution is 2.12. The lowest BCUT2D eigenvalue weighted by atomic mass is 10.2. The maximum absolute atomic E-state index is 11.6. The Balaban J connectivity index is 1.30. The van der Waals surface area contributed by atoms with Crippen molar-refractivity contribution in [3.8, 4) is 0 Å². The molecule has 1 heterocycles. The highest BCUT2D eigenvalue weighted by Gasteiger charge is 2.32. The van der Waals surface area contributed by atoms with E-state index in [1.807, 2.05) is 12.2 Å². The third kappa shape index (κ3) is 12.3. The highest BCUT2D eigenvalue weighted by atomic mass is 16.7. The number of carbonyl (C=O) groups excluding carboxylic acids is 3. The second-order valence-electron chi connectivity index (χ2n) is 7.06. The topological polar surface area (TPSA) is 110 Å². The van der Waals surface area contributed by atoms with Crippen LogP contribution in [0.5, 0.6) is 0 Å². The molecule has 0 saturated carbocycles. The summed E-state index contributed by atoms with van der Waals surface area (Å²) in [6.07, 6.45) is 12.0. The third-order valence-corrected chi connectivity index (χ3v) is 4.46. The first-order chi connectivity index (χ1) is 16.2. The second kappa shape index (κ2) is 17.0. The molecule has 0 radical (unpaired) electrons. The predicted molar refractivity (Wildman–Crippen MR) is 117 cm³/mol. The molecule has 0 aromatic heterocycles. The molecule has 10 heteroatoms. The number of rotatable bonds is 17. The van der Waals surface area contributed by atoms with Gasteiger partial charge >= 0.3 is 5.97 Å². The van der Waals surface area contributed by atoms with E-state index in [2.05, 4.69) is 18.2 Å². The number of ether oxygens (including phenoxy) is 5. The van der Waals surface area contributed by atoms with E-state index in [1.165, 1.54) is 0 Å². The van der Waals surface area contributed by atoms with Crippen LogP contribution in [0.1, 0.15) is 32.1 Å². The van der Waals surface area contributed by atoms with Crippen LogP contribution in [0.3, 0.4) is 0 Å². The molecule has 184 valence electrons. The fourth-order valence-corrected chi connectivity index (χ4v) is 2.77. The summed E-state index contributed by atoms with van der Waals surface area (Å²) < 4.78 is 27.2. The van der Waals surface area contributed by atoms with E-state index >= 15 is 0 Å². The second-order valence-corrected chi connectivity index (χ2v) is 7.06. The molecule has 10 nitrogen and oxygen atoms in total. The molecular weight excluding hydrogens is 434 g/mol. The molecule has 0 atom stereocenters. The van der Waals surface area contributed by atoms with Crippen molar-refractivity contribution in [3.63, 3.8) is 0 Å². The van der Waals surface area contributed by atoms with Crippen LogP contribution in [-0.2, 0) is 42.9 Å². The summed E-state index contributed by atoms with van der Waals surface area (Å²) >= 11 is 0. The summed E-state index contributed by atoms with van der Waals surface area (Å²) in [5.74, 6) is -0.723. The third-order valence-electron chi connectivity index (χ3n) is 4.46. The number of hydrogen-bond acceptors (Lipinski definition) is 9. The lowest BCUT2D eigenvalue weighted by Crippen LogP contribution is -2.32. The summed E-state index contributed by atoms with van der Waals surface area (Å²) in [4.78, 5) is 39.0. The fourth-order valence-electron chi connectivity index (χ4n) is 2.77. The monoisotopic (exact) mass is 467 g/mol. The largest absolute Gasteiger partial charge is 0.496 e. The van der Waals surface area contributed by atoms with Gasteiger partial charge in [0.1, 0.15) is 6.61 Å². The van der Waals surface area contributed by atoms with Crippen molar-refractivity contribution >= 4 is 17.8 Å². The average Bonchev–Trinajstić information content (AvgIpc) is 3.09. The molecule has 0 aromatic rings. The normalized spacial score (nSPS) is 17.9. The van der Waals surface area contributed by atoms with Gasteiger partial charge in [0.2, 0.25) is 0 Å². The van der Waals surface area contributed by atoms with E-state index in [-0.39, 0.29) is 25.9 Å². The first kappa shape index (κ1) is 26.7. The van der Waals surface area contributed by atoms with Gasteiger partial charge in [0.15, 0.2) is 0 Å². The maximum atomic E-state index is 11.6. The quantitative estimate of drug-likeness (QED) is 0.234. The molecule has 0 bridgehead atoms. The Morgan fingerprint density at radius 1 is 0.758 bits per heavy atom. The summed E-state index contributed by atoms with van der Waals surface area (Å²) in [5.41, 5.74) is 0. The minimum absolute atomic E-state index is 0.0583. The maximum Gasteiger partial charge on any atom is 0.335 e. The first-order valence-electron chi connectivity index (χ1n) is 11.2. The van der Waals surface area contributed by atoms with E-state index in [1.54, 1.807) is 0 Å². The number of amides is 2. The van der Waals surface area contributed by atoms with Gasteiger partial charge in [0.05, 0.1) is 65.0 Å². The standard InChI is InChI=1S/C23H33NO9/c25-21-8-9-22(26)24(21)33-23(27)10-11-28-12-13-29-14-15-30-16-17-31-18-19-32-20-6-4-2-1-3-5-7-20/h1-4,7H,5-6,8-19H2/b3-1-,4-2-,20-7?. The van der Waals surface area contributed by atoms with Gasteiger partial charge in [0, 0.05) is 19.3 Å². The zero-order chi connectivity index (χ0) is 23.6. The Kier molecular flexibility index (Phi) is 13.8. The van der Waals surface area contributed by atoms with Crippen LogP contribution >= 0.6 is 0 Å². The van der Waals surface area contributed by atoms with E-state index in [9.17, 15) is 14.4 Å². The SMILES string of the molecule is O=C(CCOCCOCCOCCOCCOC1=CC/C=C\C=C/C1)ON1C(=O)CCC1=O. The summed E-state index contributed by atoms with van der Waals surface area (Å²) in [5, 5.41) is 0.525. The number of nitrogens with zero attached hydrogens (tertiary/aromatic N) is 1. The fraction of sp³-hybridized carbons (Fsp3) is 0.609. The molecule has 0 unspecified atom stereocenters. The van der Waals surface area contributed by atoms with Gasteiger partial charge in [0.25, 0.3) is 11.8 Å². The average molecular weight is 468 g/mol. The predicted octanol–water partition coefficient (Wildman–Crippen LogP) is 1.86. The van der Waals surface area contributed by atoms with Crippen molar-refractivity contribution in [2.75, 3.05) is 59.5 Å². The van der Waals surface area contributed by atoms with Gasteiger partial charge in [-0.05, 0) is 12.5 Å². The van der Waals surface area contributed by atoms with Gasteiger partial charge in [-0.25, -0.2) is 4.79 Å². The zero-order valence-electron chi connectivity index (χ0n) is 18.9. The summed E-state index contributed by atoms with van der Waals surface area (Å²) in [6, 6.07) is 0. The van der Waals surface area contributed by atoms with E-state index in [4.69, 9.17) is 28.5 Å². The lowest BCUT2D eigenvalue weighted by molar-refractivity contribution is -0.198. The van der Waals surface area contributed by atoms with Crippen molar-refractivity contribution in [1.29, 1.82) is 0 Å². The number of hydroxylamine groups is 2. The van der Waals surface area contributed by atoms with Crippen LogP contribution in [0.15, 0.2) is 36.1 Å². The molecule has 2 amide bonds. The minimum atomic E-state index is -0.687. The summed E-state index contributed by atoms with van der Waals surface area (Å²) in [7, 11) is 0. The molecule has 1 aliphatic carbocycles. The van der Waals surface area contributed by atoms with Gasteiger partial charge in [-0.1, -0.05) is 24.3 Å². The molecular formula is C23H33NO9. The van der Waals surface area contributed by atoms with Gasteiger partial charge < -0.3 is 28.5 Å². The number of carbonyl (C=O) groups is 3. The van der Waals surface area contributed by atoms with E-state index < -0.39 is 17.8 Å². The number of hydrogen-bond donors (Lipinski definition) is 0. The van der Waals surface area contributed by atoms with Crippen LogP contribution in [0.25, 0.3) is 0 Å². The Labute approximate surface area is 194 Å². The van der Waals surface area contributed by atoms with E-state index in [0.717, 1.165) is 18.6 Å². The molecule has 1 saturated heterocycles. The molecule has 0 spiro atoms. The number of allylic oxidation sites excluding steroid dienone is 5.